The Labute approximate surface area is 121 Å². The minimum atomic E-state index is 0.317. The average molecular weight is 275 g/mol. The number of rotatable bonds is 3. The molecule has 4 nitrogen and oxygen atoms in total. The Morgan fingerprint density at radius 3 is 3.20 bits per heavy atom. The minimum absolute atomic E-state index is 0.317. The lowest BCUT2D eigenvalue weighted by Gasteiger charge is -2.31. The molecule has 1 aromatic rings. The van der Waals surface area contributed by atoms with Gasteiger partial charge in [-0.3, -0.25) is 0 Å². The Bertz CT molecular complexity index is 437. The normalized spacial score (nSPS) is 27.9. The van der Waals surface area contributed by atoms with Crippen LogP contribution < -0.4 is 10.6 Å². The topological polar surface area (TPSA) is 36.5 Å². The van der Waals surface area contributed by atoms with Gasteiger partial charge in [0.25, 0.3) is 0 Å². The molecule has 0 amide bonds. The molecule has 110 valence electrons. The van der Waals surface area contributed by atoms with Gasteiger partial charge in [0.05, 0.1) is 12.7 Å². The molecule has 0 spiro atoms. The van der Waals surface area contributed by atoms with Gasteiger partial charge in [0.15, 0.2) is 0 Å². The molecule has 2 heterocycles. The van der Waals surface area contributed by atoms with E-state index >= 15 is 0 Å². The van der Waals surface area contributed by atoms with Crippen LogP contribution in [-0.4, -0.2) is 50.8 Å². The molecule has 1 saturated heterocycles. The monoisotopic (exact) mass is 275 g/mol. The van der Waals surface area contributed by atoms with Crippen molar-refractivity contribution in [2.45, 2.75) is 25.1 Å². The zero-order valence-electron chi connectivity index (χ0n) is 12.3. The van der Waals surface area contributed by atoms with Crippen molar-refractivity contribution < 1.29 is 4.74 Å². The van der Waals surface area contributed by atoms with Crippen LogP contribution in [-0.2, 0) is 11.3 Å². The summed E-state index contributed by atoms with van der Waals surface area (Å²) >= 11 is 0. The van der Waals surface area contributed by atoms with Crippen molar-refractivity contribution in [2.24, 2.45) is 0 Å². The lowest BCUT2D eigenvalue weighted by molar-refractivity contribution is -0.0193. The molecule has 2 aliphatic heterocycles. The third-order valence-corrected chi connectivity index (χ3v) is 4.29. The number of fused-ring (bicyclic) bond motifs is 1. The molecular formula is C16H25N3O. The van der Waals surface area contributed by atoms with E-state index < -0.39 is 0 Å². The van der Waals surface area contributed by atoms with Crippen LogP contribution in [0.15, 0.2) is 24.3 Å². The highest BCUT2D eigenvalue weighted by atomic mass is 16.5. The minimum Gasteiger partial charge on any atom is -0.374 e. The Hall–Kier alpha value is -0.940. The Balaban J connectivity index is 1.62. The molecule has 2 atom stereocenters. The van der Waals surface area contributed by atoms with Crippen LogP contribution in [0.2, 0.25) is 0 Å². The molecule has 2 aliphatic rings. The molecule has 0 aromatic heterocycles. The van der Waals surface area contributed by atoms with Crippen molar-refractivity contribution in [3.8, 4) is 0 Å². The van der Waals surface area contributed by atoms with Gasteiger partial charge in [-0.1, -0.05) is 24.3 Å². The zero-order valence-corrected chi connectivity index (χ0v) is 12.3. The molecule has 0 radical (unpaired) electrons. The quantitative estimate of drug-likeness (QED) is 0.867. The number of nitrogens with one attached hydrogen (secondary N) is 2. The summed E-state index contributed by atoms with van der Waals surface area (Å²) in [7, 11) is 2.17. The van der Waals surface area contributed by atoms with Crippen LogP contribution in [0.3, 0.4) is 0 Å². The fourth-order valence-corrected chi connectivity index (χ4v) is 3.14. The first-order valence-electron chi connectivity index (χ1n) is 7.65. The van der Waals surface area contributed by atoms with Gasteiger partial charge in [-0.2, -0.15) is 0 Å². The van der Waals surface area contributed by atoms with Crippen LogP contribution >= 0.6 is 0 Å². The number of benzene rings is 1. The summed E-state index contributed by atoms with van der Waals surface area (Å²) in [6.45, 7) is 5.91. The van der Waals surface area contributed by atoms with Crippen LogP contribution in [0.5, 0.6) is 0 Å². The summed E-state index contributed by atoms with van der Waals surface area (Å²) in [6.07, 6.45) is 1.46. The van der Waals surface area contributed by atoms with Crippen molar-refractivity contribution in [3.05, 3.63) is 35.4 Å². The van der Waals surface area contributed by atoms with E-state index in [1.165, 1.54) is 11.1 Å². The van der Waals surface area contributed by atoms with Crippen molar-refractivity contribution >= 4 is 0 Å². The first-order chi connectivity index (χ1) is 9.83. The van der Waals surface area contributed by atoms with Crippen LogP contribution in [0.25, 0.3) is 0 Å². The van der Waals surface area contributed by atoms with Gasteiger partial charge in [-0.15, -0.1) is 0 Å². The number of likely N-dealkylation sites (N-methyl/N-ethyl adjacent to an activating group) is 1. The highest BCUT2D eigenvalue weighted by molar-refractivity contribution is 5.31. The second-order valence-corrected chi connectivity index (χ2v) is 5.88. The largest absolute Gasteiger partial charge is 0.374 e. The summed E-state index contributed by atoms with van der Waals surface area (Å²) in [5, 5.41) is 7.22. The summed E-state index contributed by atoms with van der Waals surface area (Å²) in [5.41, 5.74) is 2.87. The van der Waals surface area contributed by atoms with Crippen LogP contribution in [0, 0.1) is 0 Å². The maximum Gasteiger partial charge on any atom is 0.0826 e. The van der Waals surface area contributed by atoms with E-state index in [4.69, 9.17) is 4.74 Å². The third-order valence-electron chi connectivity index (χ3n) is 4.29. The van der Waals surface area contributed by atoms with Crippen molar-refractivity contribution in [1.82, 2.24) is 15.5 Å². The fraction of sp³-hybridized carbons (Fsp3) is 0.625. The molecule has 20 heavy (non-hydrogen) atoms. The Kier molecular flexibility index (Phi) is 4.68. The molecule has 3 rings (SSSR count). The fourth-order valence-electron chi connectivity index (χ4n) is 3.14. The SMILES string of the molecule is CN1CCOC(CNC2CCNCc3ccccc32)C1. The predicted molar refractivity (Wildman–Crippen MR) is 80.7 cm³/mol. The lowest BCUT2D eigenvalue weighted by Crippen LogP contribution is -2.45. The highest BCUT2D eigenvalue weighted by Crippen LogP contribution is 2.23. The second-order valence-electron chi connectivity index (χ2n) is 5.88. The smallest absolute Gasteiger partial charge is 0.0826 e. The van der Waals surface area contributed by atoms with Gasteiger partial charge in [-0.05, 0) is 31.1 Å². The van der Waals surface area contributed by atoms with Crippen molar-refractivity contribution in [1.29, 1.82) is 0 Å². The second kappa shape index (κ2) is 6.68. The third kappa shape index (κ3) is 3.38. The molecule has 1 fully saturated rings. The molecule has 0 saturated carbocycles. The zero-order chi connectivity index (χ0) is 13.8. The van der Waals surface area contributed by atoms with E-state index in [1.54, 1.807) is 0 Å². The highest BCUT2D eigenvalue weighted by Gasteiger charge is 2.21. The molecule has 0 bridgehead atoms. The number of hydrogen-bond donors (Lipinski definition) is 2. The van der Waals surface area contributed by atoms with Gasteiger partial charge in [0.2, 0.25) is 0 Å². The number of ether oxygens (including phenoxy) is 1. The summed E-state index contributed by atoms with van der Waals surface area (Å²) in [6, 6.07) is 9.20. The number of hydrogen-bond acceptors (Lipinski definition) is 4. The maximum absolute atomic E-state index is 5.84. The van der Waals surface area contributed by atoms with E-state index in [-0.39, 0.29) is 0 Å². The van der Waals surface area contributed by atoms with E-state index in [2.05, 4.69) is 46.8 Å². The van der Waals surface area contributed by atoms with Gasteiger partial charge in [0, 0.05) is 32.2 Å². The lowest BCUT2D eigenvalue weighted by atomic mass is 9.99. The van der Waals surface area contributed by atoms with Crippen LogP contribution in [0.1, 0.15) is 23.6 Å². The summed E-state index contributed by atoms with van der Waals surface area (Å²) < 4.78 is 5.84. The van der Waals surface area contributed by atoms with E-state index in [0.717, 1.165) is 45.8 Å². The predicted octanol–water partition coefficient (Wildman–Crippen LogP) is 1.14. The first kappa shape index (κ1) is 14.0. The molecule has 4 heteroatoms. The van der Waals surface area contributed by atoms with Gasteiger partial charge in [0.1, 0.15) is 0 Å². The molecule has 0 aliphatic carbocycles. The molecule has 2 N–H and O–H groups in total. The Morgan fingerprint density at radius 1 is 1.40 bits per heavy atom. The molecular weight excluding hydrogens is 250 g/mol. The molecule has 2 unspecified atom stereocenters. The maximum atomic E-state index is 5.84. The van der Waals surface area contributed by atoms with Gasteiger partial charge < -0.3 is 20.3 Å². The summed E-state index contributed by atoms with van der Waals surface area (Å²) in [5.74, 6) is 0. The van der Waals surface area contributed by atoms with E-state index in [1.807, 2.05) is 0 Å². The Morgan fingerprint density at radius 2 is 2.30 bits per heavy atom. The van der Waals surface area contributed by atoms with Gasteiger partial charge in [-0.25, -0.2) is 0 Å². The average Bonchev–Trinajstić information content (AvgIpc) is 2.67. The number of nitrogens with zero attached hydrogens (tertiary/aromatic N) is 1. The van der Waals surface area contributed by atoms with Crippen molar-refractivity contribution in [2.75, 3.05) is 39.8 Å². The van der Waals surface area contributed by atoms with Crippen molar-refractivity contribution in [3.63, 3.8) is 0 Å². The first-order valence-corrected chi connectivity index (χ1v) is 7.65. The summed E-state index contributed by atoms with van der Waals surface area (Å²) in [4.78, 5) is 2.35. The van der Waals surface area contributed by atoms with Gasteiger partial charge >= 0.3 is 0 Å². The standard InChI is InChI=1S/C16H25N3O/c1-19-8-9-20-14(12-19)11-18-16-6-7-17-10-13-4-2-3-5-15(13)16/h2-5,14,16-18H,6-12H2,1H3. The van der Waals surface area contributed by atoms with E-state index in [0.29, 0.717) is 12.1 Å². The number of morpholine rings is 1. The van der Waals surface area contributed by atoms with Crippen LogP contribution in [0.4, 0.5) is 0 Å². The van der Waals surface area contributed by atoms with E-state index in [9.17, 15) is 0 Å². The molecule has 1 aromatic carbocycles.